The van der Waals surface area contributed by atoms with E-state index < -0.39 is 16.9 Å². The molecule has 0 radical (unpaired) electrons. The molecule has 0 bridgehead atoms. The number of primary amides is 1. The summed E-state index contributed by atoms with van der Waals surface area (Å²) >= 11 is 0. The monoisotopic (exact) mass is 318 g/mol. The maximum absolute atomic E-state index is 11.6. The van der Waals surface area contributed by atoms with Crippen LogP contribution in [0.4, 0.5) is 0 Å². The van der Waals surface area contributed by atoms with Crippen molar-refractivity contribution >= 4 is 5.91 Å². The largest absolute Gasteiger partial charge is 0.507 e. The number of nitrogens with two attached hydrogens (primary N) is 1. The summed E-state index contributed by atoms with van der Waals surface area (Å²) in [6.07, 6.45) is 4.12. The highest BCUT2D eigenvalue weighted by atomic mass is 16.3. The zero-order valence-corrected chi connectivity index (χ0v) is 14.1. The first-order valence-electron chi connectivity index (χ1n) is 8.26. The van der Waals surface area contributed by atoms with Crippen LogP contribution in [0.25, 0.3) is 0 Å². The van der Waals surface area contributed by atoms with Crippen molar-refractivity contribution in [3.05, 3.63) is 28.8 Å². The van der Waals surface area contributed by atoms with Gasteiger partial charge in [-0.25, -0.2) is 0 Å². The Hall–Kier alpha value is -1.59. The molecule has 5 nitrogen and oxygen atoms in total. The molecular formula is C18H26N2O3. The van der Waals surface area contributed by atoms with E-state index in [-0.39, 0.29) is 17.4 Å². The number of likely N-dealkylation sites (N-methyl/N-ethyl adjacent to an activating group) is 1. The van der Waals surface area contributed by atoms with Crippen LogP contribution in [0.3, 0.4) is 0 Å². The van der Waals surface area contributed by atoms with E-state index in [0.29, 0.717) is 18.4 Å². The molecule has 3 rings (SSSR count). The Kier molecular flexibility index (Phi) is 3.69. The van der Waals surface area contributed by atoms with Crippen molar-refractivity contribution in [3.63, 3.8) is 0 Å². The second-order valence-electron chi connectivity index (χ2n) is 7.51. The molecule has 1 amide bonds. The van der Waals surface area contributed by atoms with Crippen LogP contribution in [-0.2, 0) is 11.8 Å². The molecule has 1 saturated carbocycles. The molecule has 1 aromatic carbocycles. The number of hydrogen-bond donors (Lipinski definition) is 3. The summed E-state index contributed by atoms with van der Waals surface area (Å²) in [6.45, 7) is 2.02. The maximum Gasteiger partial charge on any atom is 0.252 e. The van der Waals surface area contributed by atoms with Crippen LogP contribution < -0.4 is 5.73 Å². The summed E-state index contributed by atoms with van der Waals surface area (Å²) in [5.74, 6) is -0.682. The summed E-state index contributed by atoms with van der Waals surface area (Å²) in [5, 5.41) is 22.3. The average molecular weight is 318 g/mol. The van der Waals surface area contributed by atoms with E-state index in [1.165, 1.54) is 0 Å². The molecule has 0 spiro atoms. The van der Waals surface area contributed by atoms with Crippen molar-refractivity contribution in [3.8, 4) is 5.75 Å². The lowest BCUT2D eigenvalue weighted by Crippen LogP contribution is -2.66. The smallest absolute Gasteiger partial charge is 0.252 e. The highest BCUT2D eigenvalue weighted by molar-refractivity contribution is 5.96. The van der Waals surface area contributed by atoms with E-state index in [9.17, 15) is 15.0 Å². The molecular weight excluding hydrogens is 292 g/mol. The summed E-state index contributed by atoms with van der Waals surface area (Å²) in [4.78, 5) is 13.7. The average Bonchev–Trinajstić information content (AvgIpc) is 2.46. The Morgan fingerprint density at radius 2 is 1.96 bits per heavy atom. The molecule has 3 atom stereocenters. The number of rotatable bonds is 2. The van der Waals surface area contributed by atoms with Crippen LogP contribution in [0.5, 0.6) is 5.75 Å². The molecule has 23 heavy (non-hydrogen) atoms. The van der Waals surface area contributed by atoms with E-state index in [0.717, 1.165) is 24.8 Å². The number of carbonyl (C=O) groups is 1. The van der Waals surface area contributed by atoms with Gasteiger partial charge in [-0.1, -0.05) is 25.8 Å². The van der Waals surface area contributed by atoms with Crippen LogP contribution >= 0.6 is 0 Å². The van der Waals surface area contributed by atoms with Gasteiger partial charge < -0.3 is 20.8 Å². The summed E-state index contributed by atoms with van der Waals surface area (Å²) in [5.41, 5.74) is 5.75. The third-order valence-corrected chi connectivity index (χ3v) is 6.11. The number of aromatic hydroxyl groups is 1. The van der Waals surface area contributed by atoms with Crippen LogP contribution in [0.1, 0.15) is 54.1 Å². The van der Waals surface area contributed by atoms with Crippen molar-refractivity contribution < 1.29 is 15.0 Å². The number of aliphatic hydroxyl groups is 1. The second-order valence-corrected chi connectivity index (χ2v) is 7.51. The van der Waals surface area contributed by atoms with Crippen LogP contribution in [0.15, 0.2) is 12.1 Å². The summed E-state index contributed by atoms with van der Waals surface area (Å²) in [6, 6.07) is 3.46. The number of amides is 1. The molecule has 2 aliphatic carbocycles. The Morgan fingerprint density at radius 3 is 2.57 bits per heavy atom. The van der Waals surface area contributed by atoms with Gasteiger partial charge in [0.05, 0.1) is 11.2 Å². The topological polar surface area (TPSA) is 86.8 Å². The molecule has 1 aromatic rings. The molecule has 126 valence electrons. The van der Waals surface area contributed by atoms with Gasteiger partial charge in [-0.3, -0.25) is 4.79 Å². The van der Waals surface area contributed by atoms with Crippen LogP contribution in [0, 0.1) is 0 Å². The zero-order valence-electron chi connectivity index (χ0n) is 14.1. The minimum atomic E-state index is -0.921. The van der Waals surface area contributed by atoms with Gasteiger partial charge in [-0.05, 0) is 45.0 Å². The van der Waals surface area contributed by atoms with Gasteiger partial charge in [-0.2, -0.15) is 0 Å². The van der Waals surface area contributed by atoms with Gasteiger partial charge in [0.25, 0.3) is 5.91 Å². The first-order chi connectivity index (χ1) is 10.7. The molecule has 0 saturated heterocycles. The van der Waals surface area contributed by atoms with Crippen molar-refractivity contribution in [1.82, 2.24) is 4.90 Å². The lowest BCUT2D eigenvalue weighted by molar-refractivity contribution is -0.122. The Morgan fingerprint density at radius 1 is 1.30 bits per heavy atom. The lowest BCUT2D eigenvalue weighted by Gasteiger charge is -2.58. The number of benzene rings is 1. The fourth-order valence-electron chi connectivity index (χ4n) is 4.85. The second kappa shape index (κ2) is 5.21. The highest BCUT2D eigenvalue weighted by Crippen LogP contribution is 2.56. The van der Waals surface area contributed by atoms with Gasteiger partial charge in [-0.15, -0.1) is 0 Å². The predicted octanol–water partition coefficient (Wildman–Crippen LogP) is 1.54. The van der Waals surface area contributed by atoms with E-state index in [2.05, 4.69) is 4.90 Å². The first-order valence-corrected chi connectivity index (χ1v) is 8.26. The highest BCUT2D eigenvalue weighted by Gasteiger charge is 2.59. The van der Waals surface area contributed by atoms with Crippen molar-refractivity contribution in [2.45, 2.75) is 56.1 Å². The molecule has 5 heteroatoms. The zero-order chi connectivity index (χ0) is 17.0. The van der Waals surface area contributed by atoms with Crippen molar-refractivity contribution in [2.24, 2.45) is 5.73 Å². The number of phenols is 1. The molecule has 0 heterocycles. The summed E-state index contributed by atoms with van der Waals surface area (Å²) < 4.78 is 0. The summed E-state index contributed by atoms with van der Waals surface area (Å²) in [7, 11) is 3.97. The van der Waals surface area contributed by atoms with E-state index in [1.54, 1.807) is 6.07 Å². The Balaban J connectivity index is 2.27. The molecule has 0 aliphatic heterocycles. The van der Waals surface area contributed by atoms with E-state index in [4.69, 9.17) is 5.73 Å². The van der Waals surface area contributed by atoms with Crippen LogP contribution in [-0.4, -0.2) is 46.8 Å². The predicted molar refractivity (Wildman–Crippen MR) is 88.6 cm³/mol. The number of nitrogens with zero attached hydrogens (tertiary/aromatic N) is 1. The lowest BCUT2D eigenvalue weighted by atomic mass is 9.53. The number of fused-ring (bicyclic) bond motifs is 3. The van der Waals surface area contributed by atoms with E-state index in [1.807, 2.05) is 27.1 Å². The van der Waals surface area contributed by atoms with Gasteiger partial charge in [0.2, 0.25) is 0 Å². The molecule has 0 aromatic heterocycles. The van der Waals surface area contributed by atoms with Gasteiger partial charge >= 0.3 is 0 Å². The third-order valence-electron chi connectivity index (χ3n) is 6.11. The van der Waals surface area contributed by atoms with Gasteiger partial charge in [0, 0.05) is 17.0 Å². The van der Waals surface area contributed by atoms with E-state index >= 15 is 0 Å². The first kappa shape index (κ1) is 16.3. The molecule has 2 aliphatic rings. The normalized spacial score (nSPS) is 33.2. The number of hydrogen-bond acceptors (Lipinski definition) is 4. The fraction of sp³-hybridized carbons (Fsp3) is 0.611. The third kappa shape index (κ3) is 2.10. The number of carbonyl (C=O) groups excluding carboxylic acids is 1. The van der Waals surface area contributed by atoms with Gasteiger partial charge in [0.1, 0.15) is 5.75 Å². The minimum Gasteiger partial charge on any atom is -0.507 e. The minimum absolute atomic E-state index is 0.0147. The maximum atomic E-state index is 11.6. The standard InChI is InChI=1S/C18H26N2O3/c1-17-8-4-5-9-18(17,23)13(20(2)3)10-11-6-7-12(16(19)22)15(21)14(11)17/h6-7,13,21,23H,4-5,8-10H2,1-3H3,(H2,19,22)/t13-,17?,18-/m1/s1. The quantitative estimate of drug-likeness (QED) is 0.772. The van der Waals surface area contributed by atoms with Crippen LogP contribution in [0.2, 0.25) is 0 Å². The molecule has 4 N–H and O–H groups in total. The SMILES string of the molecule is CN(C)[C@@H]1Cc2ccc(C(N)=O)c(O)c2C2(C)CCCC[C@@]12O. The van der Waals surface area contributed by atoms with Crippen molar-refractivity contribution in [1.29, 1.82) is 0 Å². The van der Waals surface area contributed by atoms with Crippen molar-refractivity contribution in [2.75, 3.05) is 14.1 Å². The molecule has 1 unspecified atom stereocenters. The fourth-order valence-corrected chi connectivity index (χ4v) is 4.85. The Bertz CT molecular complexity index is 658. The van der Waals surface area contributed by atoms with Gasteiger partial charge in [0.15, 0.2) is 0 Å². The Labute approximate surface area is 137 Å². The molecule has 1 fully saturated rings.